The predicted octanol–water partition coefficient (Wildman–Crippen LogP) is 3.47. The zero-order valence-electron chi connectivity index (χ0n) is 9.81. The number of hydrogen-bond donors (Lipinski definition) is 1. The van der Waals surface area contributed by atoms with Gasteiger partial charge in [-0.25, -0.2) is 13.1 Å². The largest absolute Gasteiger partial charge is 0.240 e. The Kier molecular flexibility index (Phi) is 4.47. The third-order valence-corrected chi connectivity index (χ3v) is 4.53. The zero-order chi connectivity index (χ0) is 13.9. The molecule has 0 radical (unpaired) electrons. The second-order valence-corrected chi connectivity index (χ2v) is 6.48. The summed E-state index contributed by atoms with van der Waals surface area (Å²) >= 11 is 11.8. The summed E-state index contributed by atoms with van der Waals surface area (Å²) in [5.74, 6) is 0. The molecule has 3 nitrogen and oxygen atoms in total. The van der Waals surface area contributed by atoms with Gasteiger partial charge >= 0.3 is 0 Å². The molecule has 0 atom stereocenters. The lowest BCUT2D eigenvalue weighted by molar-refractivity contribution is 0.581. The molecule has 2 aromatic rings. The first-order valence-electron chi connectivity index (χ1n) is 5.48. The van der Waals surface area contributed by atoms with Crippen LogP contribution in [-0.2, 0) is 16.6 Å². The van der Waals surface area contributed by atoms with Crippen molar-refractivity contribution in [3.8, 4) is 0 Å². The Hall–Kier alpha value is -1.07. The summed E-state index contributed by atoms with van der Waals surface area (Å²) < 4.78 is 26.5. The van der Waals surface area contributed by atoms with Crippen molar-refractivity contribution in [3.05, 3.63) is 64.1 Å². The van der Waals surface area contributed by atoms with E-state index in [4.69, 9.17) is 23.2 Å². The molecule has 6 heteroatoms. The summed E-state index contributed by atoms with van der Waals surface area (Å²) in [6, 6.07) is 13.1. The van der Waals surface area contributed by atoms with Gasteiger partial charge in [0.1, 0.15) is 0 Å². The Morgan fingerprint density at radius 1 is 1.00 bits per heavy atom. The zero-order valence-corrected chi connectivity index (χ0v) is 12.1. The van der Waals surface area contributed by atoms with E-state index in [0.29, 0.717) is 15.6 Å². The molecule has 0 aliphatic carbocycles. The molecule has 0 amide bonds. The minimum Gasteiger partial charge on any atom is -0.207 e. The smallest absolute Gasteiger partial charge is 0.207 e. The first-order valence-corrected chi connectivity index (χ1v) is 7.71. The van der Waals surface area contributed by atoms with E-state index in [1.54, 1.807) is 36.4 Å². The van der Waals surface area contributed by atoms with Crippen LogP contribution in [0.25, 0.3) is 0 Å². The van der Waals surface area contributed by atoms with Crippen LogP contribution in [-0.4, -0.2) is 8.42 Å². The van der Waals surface area contributed by atoms with Crippen LogP contribution in [0.15, 0.2) is 53.4 Å². The lowest BCUT2D eigenvalue weighted by Crippen LogP contribution is -2.23. The van der Waals surface area contributed by atoms with Crippen LogP contribution in [0.1, 0.15) is 5.56 Å². The number of halogens is 2. The van der Waals surface area contributed by atoms with Gasteiger partial charge in [0.15, 0.2) is 0 Å². The van der Waals surface area contributed by atoms with Crippen LogP contribution < -0.4 is 4.72 Å². The molecule has 0 aromatic heterocycles. The van der Waals surface area contributed by atoms with Crippen molar-refractivity contribution in [1.29, 1.82) is 0 Å². The summed E-state index contributed by atoms with van der Waals surface area (Å²) in [5, 5.41) is 0.947. The number of sulfonamides is 1. The summed E-state index contributed by atoms with van der Waals surface area (Å²) in [6.07, 6.45) is 0. The normalized spacial score (nSPS) is 11.5. The standard InChI is InChI=1S/C13H11Cl2NO2S/c14-11-7-6-10(13(15)8-11)9-16-19(17,18)12-4-2-1-3-5-12/h1-8,16H,9H2. The van der Waals surface area contributed by atoms with Crippen LogP contribution >= 0.6 is 23.2 Å². The Bertz CT molecular complexity index is 672. The van der Waals surface area contributed by atoms with Gasteiger partial charge < -0.3 is 0 Å². The van der Waals surface area contributed by atoms with Crippen molar-refractivity contribution >= 4 is 33.2 Å². The summed E-state index contributed by atoms with van der Waals surface area (Å²) in [6.45, 7) is 0.118. The Balaban J connectivity index is 2.14. The lowest BCUT2D eigenvalue weighted by atomic mass is 10.2. The van der Waals surface area contributed by atoms with Gasteiger partial charge in [-0.15, -0.1) is 0 Å². The fourth-order valence-corrected chi connectivity index (χ4v) is 3.02. The van der Waals surface area contributed by atoms with Gasteiger partial charge in [0, 0.05) is 16.6 Å². The third kappa shape index (κ3) is 3.70. The van der Waals surface area contributed by atoms with Crippen LogP contribution in [0.3, 0.4) is 0 Å². The maximum Gasteiger partial charge on any atom is 0.240 e. The molecular weight excluding hydrogens is 305 g/mol. The molecule has 0 aliphatic rings. The molecule has 0 fully saturated rings. The van der Waals surface area contributed by atoms with Crippen molar-refractivity contribution < 1.29 is 8.42 Å². The SMILES string of the molecule is O=S(=O)(NCc1ccc(Cl)cc1Cl)c1ccccc1. The van der Waals surface area contributed by atoms with Gasteiger partial charge in [-0.2, -0.15) is 0 Å². The van der Waals surface area contributed by atoms with Crippen molar-refractivity contribution in [2.24, 2.45) is 0 Å². The fraction of sp³-hybridized carbons (Fsp3) is 0.0769. The molecule has 2 rings (SSSR count). The molecule has 0 heterocycles. The molecule has 2 aromatic carbocycles. The average molecular weight is 316 g/mol. The molecule has 19 heavy (non-hydrogen) atoms. The summed E-state index contributed by atoms with van der Waals surface area (Å²) in [7, 11) is -3.53. The number of benzene rings is 2. The van der Waals surface area contributed by atoms with E-state index in [1.807, 2.05) is 0 Å². The minimum atomic E-state index is -3.53. The number of hydrogen-bond acceptors (Lipinski definition) is 2. The van der Waals surface area contributed by atoms with E-state index in [9.17, 15) is 8.42 Å². The van der Waals surface area contributed by atoms with Crippen LogP contribution in [0.4, 0.5) is 0 Å². The molecule has 0 bridgehead atoms. The second kappa shape index (κ2) is 5.92. The van der Waals surface area contributed by atoms with Crippen LogP contribution in [0, 0.1) is 0 Å². The number of rotatable bonds is 4. The minimum absolute atomic E-state index is 0.118. The van der Waals surface area contributed by atoms with Gasteiger partial charge in [-0.3, -0.25) is 0 Å². The highest BCUT2D eigenvalue weighted by molar-refractivity contribution is 7.89. The van der Waals surface area contributed by atoms with Crippen LogP contribution in [0.2, 0.25) is 10.0 Å². The summed E-state index contributed by atoms with van der Waals surface area (Å²) in [5.41, 5.74) is 0.672. The van der Waals surface area contributed by atoms with E-state index in [0.717, 1.165) is 0 Å². The van der Waals surface area contributed by atoms with Gasteiger partial charge in [-0.1, -0.05) is 47.5 Å². The van der Waals surface area contributed by atoms with E-state index < -0.39 is 10.0 Å². The monoisotopic (exact) mass is 315 g/mol. The third-order valence-electron chi connectivity index (χ3n) is 2.52. The molecule has 0 aliphatic heterocycles. The molecule has 0 unspecified atom stereocenters. The van der Waals surface area contributed by atoms with Crippen molar-refractivity contribution in [2.75, 3.05) is 0 Å². The second-order valence-electron chi connectivity index (χ2n) is 3.87. The predicted molar refractivity (Wildman–Crippen MR) is 76.9 cm³/mol. The molecule has 100 valence electrons. The highest BCUT2D eigenvalue weighted by Crippen LogP contribution is 2.21. The topological polar surface area (TPSA) is 46.2 Å². The highest BCUT2D eigenvalue weighted by Gasteiger charge is 2.13. The Morgan fingerprint density at radius 2 is 1.68 bits per heavy atom. The van der Waals surface area contributed by atoms with E-state index in [1.165, 1.54) is 12.1 Å². The van der Waals surface area contributed by atoms with E-state index in [-0.39, 0.29) is 11.4 Å². The van der Waals surface area contributed by atoms with Crippen molar-refractivity contribution in [3.63, 3.8) is 0 Å². The van der Waals surface area contributed by atoms with Gasteiger partial charge in [0.25, 0.3) is 0 Å². The average Bonchev–Trinajstić information content (AvgIpc) is 2.39. The number of nitrogens with one attached hydrogen (secondary N) is 1. The first kappa shape index (κ1) is 14.3. The molecule has 0 spiro atoms. The van der Waals surface area contributed by atoms with Crippen LogP contribution in [0.5, 0.6) is 0 Å². The quantitative estimate of drug-likeness (QED) is 0.939. The molecule has 1 N–H and O–H groups in total. The maximum absolute atomic E-state index is 12.0. The molecule has 0 saturated carbocycles. The highest BCUT2D eigenvalue weighted by atomic mass is 35.5. The van der Waals surface area contributed by atoms with Crippen molar-refractivity contribution in [2.45, 2.75) is 11.4 Å². The molecular formula is C13H11Cl2NO2S. The molecule has 0 saturated heterocycles. The van der Waals surface area contributed by atoms with E-state index in [2.05, 4.69) is 4.72 Å². The van der Waals surface area contributed by atoms with Gasteiger partial charge in [0.05, 0.1) is 4.90 Å². The Labute approximate surface area is 122 Å². The van der Waals surface area contributed by atoms with Gasteiger partial charge in [0.2, 0.25) is 10.0 Å². The summed E-state index contributed by atoms with van der Waals surface area (Å²) in [4.78, 5) is 0.222. The Morgan fingerprint density at radius 3 is 2.32 bits per heavy atom. The van der Waals surface area contributed by atoms with E-state index >= 15 is 0 Å². The lowest BCUT2D eigenvalue weighted by Gasteiger charge is -2.08. The fourth-order valence-electron chi connectivity index (χ4n) is 1.52. The first-order chi connectivity index (χ1) is 8.99. The van der Waals surface area contributed by atoms with Crippen molar-refractivity contribution in [1.82, 2.24) is 4.72 Å². The van der Waals surface area contributed by atoms with Gasteiger partial charge in [-0.05, 0) is 29.8 Å². The maximum atomic E-state index is 12.0.